The quantitative estimate of drug-likeness (QED) is 0.521. The number of ether oxygens (including phenoxy) is 2. The van der Waals surface area contributed by atoms with Crippen molar-refractivity contribution in [3.63, 3.8) is 0 Å². The van der Waals surface area contributed by atoms with E-state index in [1.807, 2.05) is 31.2 Å². The van der Waals surface area contributed by atoms with Crippen molar-refractivity contribution in [1.29, 1.82) is 0 Å². The molecule has 2 aromatic carbocycles. The van der Waals surface area contributed by atoms with Gasteiger partial charge in [-0.3, -0.25) is 4.79 Å². The van der Waals surface area contributed by atoms with Gasteiger partial charge in [-0.1, -0.05) is 13.8 Å². The summed E-state index contributed by atoms with van der Waals surface area (Å²) in [5.74, 6) is 1.09. The second-order valence-electron chi connectivity index (χ2n) is 6.19. The number of benzene rings is 2. The van der Waals surface area contributed by atoms with E-state index in [0.29, 0.717) is 31.1 Å². The topological polar surface area (TPSA) is 84.9 Å². The molecule has 2 aromatic rings. The van der Waals surface area contributed by atoms with E-state index in [2.05, 4.69) is 5.32 Å². The van der Waals surface area contributed by atoms with Crippen molar-refractivity contribution in [1.82, 2.24) is 4.31 Å². The van der Waals surface area contributed by atoms with E-state index in [9.17, 15) is 13.2 Å². The molecule has 9 heteroatoms. The highest BCUT2D eigenvalue weighted by Gasteiger charge is 2.23. The zero-order valence-electron chi connectivity index (χ0n) is 17.7. The summed E-state index contributed by atoms with van der Waals surface area (Å²) >= 11 is 1.38. The van der Waals surface area contributed by atoms with Crippen molar-refractivity contribution in [2.45, 2.75) is 30.6 Å². The zero-order chi connectivity index (χ0) is 22.1. The van der Waals surface area contributed by atoms with Crippen molar-refractivity contribution >= 4 is 33.4 Å². The van der Waals surface area contributed by atoms with E-state index in [1.54, 1.807) is 19.9 Å². The van der Waals surface area contributed by atoms with Gasteiger partial charge in [-0.25, -0.2) is 8.42 Å². The summed E-state index contributed by atoms with van der Waals surface area (Å²) in [6.45, 7) is 6.82. The summed E-state index contributed by atoms with van der Waals surface area (Å²) in [7, 11) is -2.17. The van der Waals surface area contributed by atoms with Gasteiger partial charge in [0.25, 0.3) is 0 Å². The first kappa shape index (κ1) is 24.0. The minimum absolute atomic E-state index is 0.112. The maximum Gasteiger partial charge on any atom is 0.243 e. The van der Waals surface area contributed by atoms with E-state index in [4.69, 9.17) is 9.47 Å². The number of nitrogens with zero attached hydrogens (tertiary/aromatic N) is 1. The summed E-state index contributed by atoms with van der Waals surface area (Å²) < 4.78 is 37.6. The van der Waals surface area contributed by atoms with Gasteiger partial charge in [0.2, 0.25) is 15.9 Å². The van der Waals surface area contributed by atoms with Crippen LogP contribution in [0.4, 0.5) is 5.69 Å². The van der Waals surface area contributed by atoms with Gasteiger partial charge >= 0.3 is 0 Å². The van der Waals surface area contributed by atoms with Crippen LogP contribution in [0.3, 0.4) is 0 Å². The van der Waals surface area contributed by atoms with Gasteiger partial charge in [0.05, 0.1) is 30.1 Å². The van der Waals surface area contributed by atoms with E-state index in [-0.39, 0.29) is 16.6 Å². The molecule has 0 unspecified atom stereocenters. The van der Waals surface area contributed by atoms with Crippen LogP contribution >= 0.6 is 11.8 Å². The number of hydrogen-bond donors (Lipinski definition) is 1. The van der Waals surface area contributed by atoms with Crippen LogP contribution in [-0.4, -0.2) is 51.2 Å². The van der Waals surface area contributed by atoms with Crippen LogP contribution in [0.2, 0.25) is 0 Å². The number of carbonyl (C=O) groups excluding carboxylic acids is 1. The molecular weight excluding hydrogens is 424 g/mol. The van der Waals surface area contributed by atoms with Crippen LogP contribution in [0, 0.1) is 0 Å². The number of hydrogen-bond acceptors (Lipinski definition) is 6. The molecular formula is C21H28N2O5S2. The average Bonchev–Trinajstić information content (AvgIpc) is 2.74. The van der Waals surface area contributed by atoms with Gasteiger partial charge in [-0.2, -0.15) is 4.31 Å². The molecule has 1 N–H and O–H groups in total. The third-order valence-electron chi connectivity index (χ3n) is 4.29. The summed E-state index contributed by atoms with van der Waals surface area (Å²) in [6.07, 6.45) is 0. The van der Waals surface area contributed by atoms with Gasteiger partial charge < -0.3 is 14.8 Å². The van der Waals surface area contributed by atoms with Gasteiger partial charge in [-0.05, 0) is 49.4 Å². The fourth-order valence-electron chi connectivity index (χ4n) is 2.79. The lowest BCUT2D eigenvalue weighted by molar-refractivity contribution is -0.113. The second-order valence-corrected chi connectivity index (χ2v) is 9.18. The lowest BCUT2D eigenvalue weighted by atomic mass is 10.3. The maximum atomic E-state index is 12.8. The average molecular weight is 453 g/mol. The molecule has 0 aliphatic rings. The molecule has 0 aliphatic heterocycles. The Morgan fingerprint density at radius 2 is 1.73 bits per heavy atom. The molecule has 0 saturated carbocycles. The Morgan fingerprint density at radius 1 is 1.07 bits per heavy atom. The third-order valence-corrected chi connectivity index (χ3v) is 7.35. The summed E-state index contributed by atoms with van der Waals surface area (Å²) in [5, 5.41) is 2.76. The van der Waals surface area contributed by atoms with E-state index in [1.165, 1.54) is 35.3 Å². The predicted octanol–water partition coefficient (Wildman–Crippen LogP) is 3.86. The monoisotopic (exact) mass is 452 g/mol. The first-order valence-electron chi connectivity index (χ1n) is 9.69. The Bertz CT molecular complexity index is 942. The van der Waals surface area contributed by atoms with E-state index >= 15 is 0 Å². The molecule has 0 spiro atoms. The smallest absolute Gasteiger partial charge is 0.243 e. The third kappa shape index (κ3) is 6.13. The molecule has 164 valence electrons. The molecule has 30 heavy (non-hydrogen) atoms. The Morgan fingerprint density at radius 3 is 2.30 bits per heavy atom. The highest BCUT2D eigenvalue weighted by molar-refractivity contribution is 8.00. The Labute approximate surface area is 182 Å². The molecule has 0 bridgehead atoms. The lowest BCUT2D eigenvalue weighted by Gasteiger charge is -2.19. The number of rotatable bonds is 11. The van der Waals surface area contributed by atoms with Crippen molar-refractivity contribution in [2.75, 3.05) is 37.9 Å². The highest BCUT2D eigenvalue weighted by atomic mass is 32.2. The normalized spacial score (nSPS) is 11.4. The van der Waals surface area contributed by atoms with Crippen LogP contribution in [0.15, 0.2) is 52.3 Å². The molecule has 2 rings (SSSR count). The maximum absolute atomic E-state index is 12.8. The number of nitrogens with one attached hydrogen (secondary N) is 1. The number of anilines is 1. The molecule has 0 aromatic heterocycles. The molecule has 7 nitrogen and oxygen atoms in total. The minimum atomic E-state index is -3.64. The van der Waals surface area contributed by atoms with Crippen LogP contribution < -0.4 is 14.8 Å². The van der Waals surface area contributed by atoms with Crippen LogP contribution in [0.25, 0.3) is 0 Å². The minimum Gasteiger partial charge on any atom is -0.495 e. The highest BCUT2D eigenvalue weighted by Crippen LogP contribution is 2.29. The standard InChI is InChI=1S/C21H28N2O5S2/c1-5-23(6-2)30(25,26)18-12-13-20(27-4)19(14-18)22-21(24)15-29-17-10-8-16(9-11-17)28-7-3/h8-14H,5-7,15H2,1-4H3,(H,22,24). The second kappa shape index (κ2) is 11.2. The van der Waals surface area contributed by atoms with Gasteiger partial charge in [0, 0.05) is 18.0 Å². The summed E-state index contributed by atoms with van der Waals surface area (Å²) in [5.41, 5.74) is 0.322. The molecule has 0 fully saturated rings. The number of carbonyl (C=O) groups is 1. The number of sulfonamides is 1. The van der Waals surface area contributed by atoms with Crippen molar-refractivity contribution < 1.29 is 22.7 Å². The van der Waals surface area contributed by atoms with Crippen LogP contribution in [0.5, 0.6) is 11.5 Å². The van der Waals surface area contributed by atoms with Crippen LogP contribution in [-0.2, 0) is 14.8 Å². The summed E-state index contributed by atoms with van der Waals surface area (Å²) in [6, 6.07) is 12.0. The molecule has 0 radical (unpaired) electrons. The van der Waals surface area contributed by atoms with E-state index in [0.717, 1.165) is 10.6 Å². The molecule has 0 heterocycles. The van der Waals surface area contributed by atoms with Gasteiger partial charge in [0.1, 0.15) is 11.5 Å². The van der Waals surface area contributed by atoms with Crippen molar-refractivity contribution in [2.24, 2.45) is 0 Å². The van der Waals surface area contributed by atoms with Crippen molar-refractivity contribution in [3.8, 4) is 11.5 Å². The Hall–Kier alpha value is -2.23. The molecule has 1 amide bonds. The van der Waals surface area contributed by atoms with Gasteiger partial charge in [-0.15, -0.1) is 11.8 Å². The predicted molar refractivity (Wildman–Crippen MR) is 120 cm³/mol. The largest absolute Gasteiger partial charge is 0.495 e. The zero-order valence-corrected chi connectivity index (χ0v) is 19.3. The number of amides is 1. The number of methoxy groups -OCH3 is 1. The fraction of sp³-hybridized carbons (Fsp3) is 0.381. The SMILES string of the molecule is CCOc1ccc(SCC(=O)Nc2cc(S(=O)(=O)N(CC)CC)ccc2OC)cc1. The Balaban J connectivity index is 2.11. The van der Waals surface area contributed by atoms with Crippen LogP contribution in [0.1, 0.15) is 20.8 Å². The lowest BCUT2D eigenvalue weighted by Crippen LogP contribution is -2.30. The molecule has 0 saturated heterocycles. The molecule has 0 atom stereocenters. The number of thioether (sulfide) groups is 1. The van der Waals surface area contributed by atoms with Gasteiger partial charge in [0.15, 0.2) is 0 Å². The van der Waals surface area contributed by atoms with E-state index < -0.39 is 10.0 Å². The fourth-order valence-corrected chi connectivity index (χ4v) is 4.97. The Kier molecular flexibility index (Phi) is 9.01. The first-order chi connectivity index (χ1) is 14.3. The first-order valence-corrected chi connectivity index (χ1v) is 12.1. The van der Waals surface area contributed by atoms with Crippen molar-refractivity contribution in [3.05, 3.63) is 42.5 Å². The molecule has 0 aliphatic carbocycles. The summed E-state index contributed by atoms with van der Waals surface area (Å²) in [4.78, 5) is 13.5.